The Morgan fingerprint density at radius 3 is 2.42 bits per heavy atom. The van der Waals surface area contributed by atoms with Gasteiger partial charge >= 0.3 is 0 Å². The van der Waals surface area contributed by atoms with Gasteiger partial charge in [0.05, 0.1) is 13.2 Å². The summed E-state index contributed by atoms with van der Waals surface area (Å²) in [6.45, 7) is 2.53. The summed E-state index contributed by atoms with van der Waals surface area (Å²) in [7, 11) is 3.44. The van der Waals surface area contributed by atoms with Gasteiger partial charge in [-0.3, -0.25) is 4.79 Å². The van der Waals surface area contributed by atoms with Crippen LogP contribution in [0.3, 0.4) is 0 Å². The molecule has 0 saturated carbocycles. The van der Waals surface area contributed by atoms with Crippen molar-refractivity contribution >= 4 is 18.3 Å². The fourth-order valence-electron chi connectivity index (χ4n) is 2.63. The highest BCUT2D eigenvalue weighted by Crippen LogP contribution is 2.19. The number of benzene rings is 2. The minimum absolute atomic E-state index is 0. The molecule has 0 aliphatic heterocycles. The lowest BCUT2D eigenvalue weighted by Gasteiger charge is -2.22. The normalized spacial score (nSPS) is 11.3. The van der Waals surface area contributed by atoms with Crippen LogP contribution in [0.1, 0.15) is 16.7 Å². The van der Waals surface area contributed by atoms with Crippen LogP contribution >= 0.6 is 12.4 Å². The fraction of sp³-hybridized carbons (Fsp3) is 0.316. The van der Waals surface area contributed by atoms with Gasteiger partial charge in [0.25, 0.3) is 0 Å². The first-order valence-electron chi connectivity index (χ1n) is 7.69. The van der Waals surface area contributed by atoms with Gasteiger partial charge in [-0.05, 0) is 36.1 Å². The van der Waals surface area contributed by atoms with E-state index in [0.29, 0.717) is 13.0 Å². The lowest BCUT2D eigenvalue weighted by molar-refractivity contribution is -0.131. The summed E-state index contributed by atoms with van der Waals surface area (Å²) < 4.78 is 5.26. The number of hydrogen-bond donors (Lipinski definition) is 1. The molecule has 2 aromatic rings. The van der Waals surface area contributed by atoms with Crippen LogP contribution in [-0.4, -0.2) is 31.0 Å². The molecule has 0 spiro atoms. The molecule has 2 aromatic carbocycles. The standard InChI is InChI=1S/C19H24N2O2.ClH/c1-14-11-16(9-10-18(14)23-3)13-21(2)19(22)17(20)12-15-7-5-4-6-8-15;/h4-11,17H,12-13,20H2,1-3H3;1H. The summed E-state index contributed by atoms with van der Waals surface area (Å²) in [5.41, 5.74) is 9.26. The predicted molar refractivity (Wildman–Crippen MR) is 99.6 cm³/mol. The van der Waals surface area contributed by atoms with Crippen molar-refractivity contribution in [2.45, 2.75) is 25.9 Å². The molecule has 0 radical (unpaired) electrons. The van der Waals surface area contributed by atoms with Crippen molar-refractivity contribution in [3.63, 3.8) is 0 Å². The van der Waals surface area contributed by atoms with Gasteiger partial charge < -0.3 is 15.4 Å². The first-order valence-corrected chi connectivity index (χ1v) is 7.69. The maximum Gasteiger partial charge on any atom is 0.239 e. The highest BCUT2D eigenvalue weighted by Gasteiger charge is 2.18. The van der Waals surface area contributed by atoms with E-state index in [2.05, 4.69) is 0 Å². The largest absolute Gasteiger partial charge is 0.496 e. The van der Waals surface area contributed by atoms with E-state index in [9.17, 15) is 4.79 Å². The number of likely N-dealkylation sites (N-methyl/N-ethyl adjacent to an activating group) is 1. The number of methoxy groups -OCH3 is 1. The third-order valence-corrected chi connectivity index (χ3v) is 3.87. The molecule has 0 fully saturated rings. The van der Waals surface area contributed by atoms with Crippen molar-refractivity contribution in [2.75, 3.05) is 14.2 Å². The molecule has 0 bridgehead atoms. The number of hydrogen-bond acceptors (Lipinski definition) is 3. The zero-order chi connectivity index (χ0) is 16.8. The number of carbonyl (C=O) groups excluding carboxylic acids is 1. The van der Waals surface area contributed by atoms with E-state index in [-0.39, 0.29) is 18.3 Å². The number of carbonyl (C=O) groups is 1. The minimum atomic E-state index is -0.526. The molecule has 0 aliphatic carbocycles. The van der Waals surface area contributed by atoms with E-state index in [4.69, 9.17) is 10.5 Å². The number of aryl methyl sites for hydroxylation is 1. The van der Waals surface area contributed by atoms with E-state index in [0.717, 1.165) is 22.4 Å². The van der Waals surface area contributed by atoms with Crippen molar-refractivity contribution in [3.05, 3.63) is 65.2 Å². The van der Waals surface area contributed by atoms with Crippen LogP contribution in [0.25, 0.3) is 0 Å². The molecule has 24 heavy (non-hydrogen) atoms. The zero-order valence-electron chi connectivity index (χ0n) is 14.4. The Labute approximate surface area is 150 Å². The molecule has 1 unspecified atom stereocenters. The van der Waals surface area contributed by atoms with Gasteiger partial charge in [-0.15, -0.1) is 12.4 Å². The Bertz CT molecular complexity index is 662. The van der Waals surface area contributed by atoms with Gasteiger partial charge in [0, 0.05) is 13.6 Å². The van der Waals surface area contributed by atoms with Crippen LogP contribution in [-0.2, 0) is 17.8 Å². The minimum Gasteiger partial charge on any atom is -0.496 e. The van der Waals surface area contributed by atoms with Gasteiger partial charge in [-0.25, -0.2) is 0 Å². The third-order valence-electron chi connectivity index (χ3n) is 3.87. The molecule has 2 rings (SSSR count). The zero-order valence-corrected chi connectivity index (χ0v) is 15.2. The van der Waals surface area contributed by atoms with E-state index in [1.54, 1.807) is 19.1 Å². The fourth-order valence-corrected chi connectivity index (χ4v) is 2.63. The molecular formula is C19H25ClN2O2. The van der Waals surface area contributed by atoms with Crippen molar-refractivity contribution < 1.29 is 9.53 Å². The molecule has 130 valence electrons. The maximum atomic E-state index is 12.4. The number of halogens is 1. The molecule has 0 aliphatic rings. The summed E-state index contributed by atoms with van der Waals surface area (Å²) in [5.74, 6) is 0.797. The molecule has 4 nitrogen and oxygen atoms in total. The average Bonchev–Trinajstić information content (AvgIpc) is 2.55. The Hall–Kier alpha value is -2.04. The molecular weight excluding hydrogens is 324 g/mol. The first kappa shape index (κ1) is 20.0. The second kappa shape index (κ2) is 9.30. The first-order chi connectivity index (χ1) is 11.0. The van der Waals surface area contributed by atoms with Crippen molar-refractivity contribution in [1.82, 2.24) is 4.90 Å². The quantitative estimate of drug-likeness (QED) is 0.873. The monoisotopic (exact) mass is 348 g/mol. The summed E-state index contributed by atoms with van der Waals surface area (Å²) in [5, 5.41) is 0. The van der Waals surface area contributed by atoms with Crippen molar-refractivity contribution in [2.24, 2.45) is 5.73 Å². The Morgan fingerprint density at radius 1 is 1.17 bits per heavy atom. The predicted octanol–water partition coefficient (Wildman–Crippen LogP) is 2.95. The van der Waals surface area contributed by atoms with Gasteiger partial charge in [-0.1, -0.05) is 42.5 Å². The van der Waals surface area contributed by atoms with Gasteiger partial charge in [-0.2, -0.15) is 0 Å². The Morgan fingerprint density at radius 2 is 1.83 bits per heavy atom. The van der Waals surface area contributed by atoms with Crippen LogP contribution in [0.4, 0.5) is 0 Å². The van der Waals surface area contributed by atoms with E-state index in [1.807, 2.05) is 55.5 Å². The third kappa shape index (κ3) is 5.25. The van der Waals surface area contributed by atoms with Gasteiger partial charge in [0.2, 0.25) is 5.91 Å². The van der Waals surface area contributed by atoms with E-state index < -0.39 is 6.04 Å². The number of nitrogens with zero attached hydrogens (tertiary/aromatic N) is 1. The van der Waals surface area contributed by atoms with Crippen LogP contribution in [0, 0.1) is 6.92 Å². The van der Waals surface area contributed by atoms with Crippen molar-refractivity contribution in [1.29, 1.82) is 0 Å². The topological polar surface area (TPSA) is 55.6 Å². The van der Waals surface area contributed by atoms with Crippen LogP contribution in [0.2, 0.25) is 0 Å². The van der Waals surface area contributed by atoms with Crippen LogP contribution < -0.4 is 10.5 Å². The molecule has 2 N–H and O–H groups in total. The molecule has 1 atom stereocenters. The van der Waals surface area contributed by atoms with Gasteiger partial charge in [0.1, 0.15) is 5.75 Å². The smallest absolute Gasteiger partial charge is 0.239 e. The summed E-state index contributed by atoms with van der Waals surface area (Å²) >= 11 is 0. The van der Waals surface area contributed by atoms with Crippen LogP contribution in [0.15, 0.2) is 48.5 Å². The number of amides is 1. The molecule has 5 heteroatoms. The van der Waals surface area contributed by atoms with Crippen molar-refractivity contribution in [3.8, 4) is 5.75 Å². The SMILES string of the molecule is COc1ccc(CN(C)C(=O)C(N)Cc2ccccc2)cc1C.Cl. The molecule has 1 amide bonds. The summed E-state index contributed by atoms with van der Waals surface area (Å²) in [6, 6.07) is 15.2. The lowest BCUT2D eigenvalue weighted by Crippen LogP contribution is -2.42. The maximum absolute atomic E-state index is 12.4. The Balaban J connectivity index is 0.00000288. The van der Waals surface area contributed by atoms with E-state index >= 15 is 0 Å². The number of nitrogens with two attached hydrogens (primary N) is 1. The number of ether oxygens (including phenoxy) is 1. The average molecular weight is 349 g/mol. The lowest BCUT2D eigenvalue weighted by atomic mass is 10.1. The van der Waals surface area contributed by atoms with E-state index in [1.165, 1.54) is 0 Å². The highest BCUT2D eigenvalue weighted by atomic mass is 35.5. The Kier molecular flexibility index (Phi) is 7.75. The molecule has 0 heterocycles. The highest BCUT2D eigenvalue weighted by molar-refractivity contribution is 5.85. The second-order valence-corrected chi connectivity index (χ2v) is 5.79. The molecule has 0 saturated heterocycles. The van der Waals surface area contributed by atoms with Gasteiger partial charge in [0.15, 0.2) is 0 Å². The second-order valence-electron chi connectivity index (χ2n) is 5.79. The molecule has 0 aromatic heterocycles. The summed E-state index contributed by atoms with van der Waals surface area (Å²) in [6.07, 6.45) is 0.547. The summed E-state index contributed by atoms with van der Waals surface area (Å²) in [4.78, 5) is 14.1. The number of rotatable bonds is 6. The van der Waals surface area contributed by atoms with Crippen LogP contribution in [0.5, 0.6) is 5.75 Å².